The summed E-state index contributed by atoms with van der Waals surface area (Å²) in [5.74, 6) is 0. The Balaban J connectivity index is 2.83. The molecule has 0 saturated carbocycles. The van der Waals surface area contributed by atoms with Crippen LogP contribution in [0.25, 0.3) is 17.0 Å². The number of rotatable bonds is 2. The second-order valence-corrected chi connectivity index (χ2v) is 5.57. The minimum Gasteiger partial charge on any atom is -0.256 e. The average molecular weight is 233 g/mol. The van der Waals surface area contributed by atoms with Gasteiger partial charge in [0.05, 0.1) is 10.4 Å². The van der Waals surface area contributed by atoms with Crippen LogP contribution in [0.3, 0.4) is 0 Å². The second kappa shape index (κ2) is 3.72. The zero-order chi connectivity index (χ0) is 11.8. The molecule has 0 saturated heterocycles. The van der Waals surface area contributed by atoms with Crippen molar-refractivity contribution in [3.05, 3.63) is 42.6 Å². The van der Waals surface area contributed by atoms with Crippen LogP contribution in [0.5, 0.6) is 0 Å². The lowest BCUT2D eigenvalue weighted by molar-refractivity contribution is 0.602. The van der Waals surface area contributed by atoms with Crippen LogP contribution >= 0.6 is 0 Å². The van der Waals surface area contributed by atoms with Crippen LogP contribution in [0.1, 0.15) is 5.56 Å². The number of hydrogen-bond donors (Lipinski definition) is 0. The van der Waals surface area contributed by atoms with E-state index in [9.17, 15) is 8.42 Å². The zero-order valence-electron chi connectivity index (χ0n) is 8.84. The number of pyridine rings is 1. The van der Waals surface area contributed by atoms with Crippen molar-refractivity contribution in [2.24, 2.45) is 0 Å². The molecule has 0 aliphatic carbocycles. The summed E-state index contributed by atoms with van der Waals surface area (Å²) in [7, 11) is -3.18. The summed E-state index contributed by atoms with van der Waals surface area (Å²) in [4.78, 5) is 4.47. The summed E-state index contributed by atoms with van der Waals surface area (Å²) < 4.78 is 22.9. The lowest BCUT2D eigenvalue weighted by atomic mass is 10.1. The molecule has 16 heavy (non-hydrogen) atoms. The van der Waals surface area contributed by atoms with Crippen molar-refractivity contribution < 1.29 is 8.42 Å². The van der Waals surface area contributed by atoms with Crippen LogP contribution in [-0.4, -0.2) is 19.7 Å². The number of benzene rings is 1. The third kappa shape index (κ3) is 1.84. The summed E-state index contributed by atoms with van der Waals surface area (Å²) in [5.41, 5.74) is 1.65. The van der Waals surface area contributed by atoms with Crippen molar-refractivity contribution in [1.82, 2.24) is 4.98 Å². The van der Waals surface area contributed by atoms with E-state index in [1.54, 1.807) is 36.5 Å². The van der Waals surface area contributed by atoms with E-state index >= 15 is 0 Å². The quantitative estimate of drug-likeness (QED) is 0.799. The molecule has 1 heterocycles. The molecule has 82 valence electrons. The van der Waals surface area contributed by atoms with Crippen LogP contribution < -0.4 is 0 Å². The molecule has 0 N–H and O–H groups in total. The van der Waals surface area contributed by atoms with E-state index in [0.717, 1.165) is 16.5 Å². The SMILES string of the molecule is C=Cc1ccnc2ccc(S(C)(=O)=O)cc12. The number of nitrogens with zero attached hydrogens (tertiary/aromatic N) is 1. The Morgan fingerprint density at radius 3 is 2.69 bits per heavy atom. The molecule has 1 aromatic heterocycles. The molecule has 0 unspecified atom stereocenters. The van der Waals surface area contributed by atoms with Gasteiger partial charge < -0.3 is 0 Å². The standard InChI is InChI=1S/C12H11NO2S/c1-3-9-6-7-13-12-5-4-10(8-11(9)12)16(2,14)15/h3-8H,1H2,2H3. The van der Waals surface area contributed by atoms with Crippen molar-refractivity contribution in [1.29, 1.82) is 0 Å². The van der Waals surface area contributed by atoms with Gasteiger partial charge in [-0.1, -0.05) is 12.7 Å². The van der Waals surface area contributed by atoms with E-state index in [2.05, 4.69) is 11.6 Å². The van der Waals surface area contributed by atoms with E-state index in [1.165, 1.54) is 6.26 Å². The zero-order valence-corrected chi connectivity index (χ0v) is 9.66. The molecule has 1 aromatic carbocycles. The molecule has 0 bridgehead atoms. The number of aromatic nitrogens is 1. The molecule has 0 fully saturated rings. The molecule has 0 aliphatic heterocycles. The number of hydrogen-bond acceptors (Lipinski definition) is 3. The normalized spacial score (nSPS) is 11.6. The molecule has 0 spiro atoms. The van der Waals surface area contributed by atoms with Gasteiger partial charge in [0.15, 0.2) is 9.84 Å². The maximum atomic E-state index is 11.4. The first-order valence-corrected chi connectivity index (χ1v) is 6.63. The molecule has 0 aliphatic rings. The fourth-order valence-electron chi connectivity index (χ4n) is 1.56. The summed E-state index contributed by atoms with van der Waals surface area (Å²) in [6.07, 6.45) is 4.56. The van der Waals surface area contributed by atoms with E-state index in [0.29, 0.717) is 4.90 Å². The third-order valence-electron chi connectivity index (χ3n) is 2.39. The van der Waals surface area contributed by atoms with Crippen LogP contribution in [0.15, 0.2) is 41.9 Å². The van der Waals surface area contributed by atoms with Crippen molar-refractivity contribution >= 4 is 26.8 Å². The van der Waals surface area contributed by atoms with Crippen molar-refractivity contribution in [2.45, 2.75) is 4.90 Å². The highest BCUT2D eigenvalue weighted by atomic mass is 32.2. The van der Waals surface area contributed by atoms with Gasteiger partial charge >= 0.3 is 0 Å². The average Bonchev–Trinajstić information content (AvgIpc) is 2.26. The highest BCUT2D eigenvalue weighted by Gasteiger charge is 2.08. The molecule has 0 radical (unpaired) electrons. The fraction of sp³-hybridized carbons (Fsp3) is 0.0833. The summed E-state index contributed by atoms with van der Waals surface area (Å²) in [6.45, 7) is 3.70. The molecule has 4 heteroatoms. The van der Waals surface area contributed by atoms with Crippen LogP contribution in [0.4, 0.5) is 0 Å². The topological polar surface area (TPSA) is 47.0 Å². The first-order valence-electron chi connectivity index (χ1n) is 4.73. The Labute approximate surface area is 94.4 Å². The number of sulfone groups is 1. The van der Waals surface area contributed by atoms with Gasteiger partial charge in [-0.05, 0) is 29.8 Å². The summed E-state index contributed by atoms with van der Waals surface area (Å²) >= 11 is 0. The molecular weight excluding hydrogens is 222 g/mol. The van der Waals surface area contributed by atoms with Gasteiger partial charge in [0.1, 0.15) is 0 Å². The number of fused-ring (bicyclic) bond motifs is 1. The molecule has 0 atom stereocenters. The third-order valence-corrected chi connectivity index (χ3v) is 3.51. The van der Waals surface area contributed by atoms with Crippen LogP contribution in [0, 0.1) is 0 Å². The maximum Gasteiger partial charge on any atom is 0.175 e. The lowest BCUT2D eigenvalue weighted by Gasteiger charge is -2.03. The van der Waals surface area contributed by atoms with E-state index in [-0.39, 0.29) is 0 Å². The van der Waals surface area contributed by atoms with Gasteiger partial charge in [0.25, 0.3) is 0 Å². The van der Waals surface area contributed by atoms with Gasteiger partial charge in [0, 0.05) is 17.8 Å². The van der Waals surface area contributed by atoms with Crippen LogP contribution in [-0.2, 0) is 9.84 Å². The van der Waals surface area contributed by atoms with Gasteiger partial charge in [-0.15, -0.1) is 0 Å². The maximum absolute atomic E-state index is 11.4. The monoisotopic (exact) mass is 233 g/mol. The van der Waals surface area contributed by atoms with E-state index < -0.39 is 9.84 Å². The highest BCUT2D eigenvalue weighted by molar-refractivity contribution is 7.90. The molecule has 3 nitrogen and oxygen atoms in total. The van der Waals surface area contributed by atoms with Crippen molar-refractivity contribution in [2.75, 3.05) is 6.26 Å². The fourth-order valence-corrected chi connectivity index (χ4v) is 2.20. The Bertz CT molecular complexity index is 660. The smallest absolute Gasteiger partial charge is 0.175 e. The Kier molecular flexibility index (Phi) is 2.52. The second-order valence-electron chi connectivity index (χ2n) is 3.56. The van der Waals surface area contributed by atoms with E-state index in [1.807, 2.05) is 0 Å². The first-order chi connectivity index (χ1) is 7.52. The summed E-state index contributed by atoms with van der Waals surface area (Å²) in [6, 6.07) is 6.71. The van der Waals surface area contributed by atoms with E-state index in [4.69, 9.17) is 0 Å². The molecule has 0 amide bonds. The Hall–Kier alpha value is -1.68. The largest absolute Gasteiger partial charge is 0.256 e. The molecular formula is C12H11NO2S. The van der Waals surface area contributed by atoms with Gasteiger partial charge in [0.2, 0.25) is 0 Å². The predicted molar refractivity (Wildman–Crippen MR) is 64.9 cm³/mol. The van der Waals surface area contributed by atoms with Gasteiger partial charge in [-0.3, -0.25) is 4.98 Å². The minimum atomic E-state index is -3.18. The first kappa shape index (κ1) is 10.8. The molecule has 2 rings (SSSR count). The minimum absolute atomic E-state index is 0.302. The van der Waals surface area contributed by atoms with Crippen molar-refractivity contribution in [3.8, 4) is 0 Å². The molecule has 2 aromatic rings. The summed E-state index contributed by atoms with van der Waals surface area (Å²) in [5, 5.41) is 0.806. The van der Waals surface area contributed by atoms with Gasteiger partial charge in [-0.2, -0.15) is 0 Å². The highest BCUT2D eigenvalue weighted by Crippen LogP contribution is 2.21. The van der Waals surface area contributed by atoms with Crippen molar-refractivity contribution in [3.63, 3.8) is 0 Å². The Morgan fingerprint density at radius 1 is 1.31 bits per heavy atom. The Morgan fingerprint density at radius 2 is 2.06 bits per heavy atom. The van der Waals surface area contributed by atoms with Gasteiger partial charge in [-0.25, -0.2) is 8.42 Å². The lowest BCUT2D eigenvalue weighted by Crippen LogP contribution is -1.97. The predicted octanol–water partition coefficient (Wildman–Crippen LogP) is 2.28. The van der Waals surface area contributed by atoms with Crippen LogP contribution in [0.2, 0.25) is 0 Å².